The minimum Gasteiger partial charge on any atom is -0.444 e. The minimum absolute atomic E-state index is 0.140. The van der Waals surface area contributed by atoms with E-state index in [1.165, 1.54) is 0 Å². The Bertz CT molecular complexity index is 1180. The average Bonchev–Trinajstić information content (AvgIpc) is 3.16. The highest BCUT2D eigenvalue weighted by molar-refractivity contribution is 7.88. The molecule has 0 radical (unpaired) electrons. The lowest BCUT2D eigenvalue weighted by molar-refractivity contribution is 0.0127. The molecule has 1 N–H and O–H groups in total. The van der Waals surface area contributed by atoms with Crippen molar-refractivity contribution in [2.24, 2.45) is 5.92 Å². The highest BCUT2D eigenvalue weighted by atomic mass is 32.2. The molecule has 35 heavy (non-hydrogen) atoms. The second-order valence-corrected chi connectivity index (χ2v) is 12.6. The number of aromatic nitrogens is 3. The molecule has 0 bridgehead atoms. The molecule has 2 saturated heterocycles. The van der Waals surface area contributed by atoms with Crippen molar-refractivity contribution in [2.75, 3.05) is 37.8 Å². The summed E-state index contributed by atoms with van der Waals surface area (Å²) in [5.41, 5.74) is 0.211. The summed E-state index contributed by atoms with van der Waals surface area (Å²) in [5.74, 6) is 0.491. The number of carbonyl (C=O) groups excluding carboxylic acids is 1. The number of halogens is 1. The van der Waals surface area contributed by atoms with Gasteiger partial charge >= 0.3 is 6.09 Å². The quantitative estimate of drug-likeness (QED) is 0.673. The second kappa shape index (κ2) is 9.53. The number of amides is 1. The summed E-state index contributed by atoms with van der Waals surface area (Å²) in [7, 11) is -3.42. The van der Waals surface area contributed by atoms with Crippen LogP contribution >= 0.6 is 0 Å². The Morgan fingerprint density at radius 2 is 1.97 bits per heavy atom. The number of hydrogen-bond acceptors (Lipinski definition) is 7. The molecule has 0 aliphatic carbocycles. The fraction of sp³-hybridized carbons (Fsp3) is 0.696. The van der Waals surface area contributed by atoms with Crippen LogP contribution in [0.2, 0.25) is 0 Å². The van der Waals surface area contributed by atoms with Crippen molar-refractivity contribution in [1.82, 2.24) is 23.7 Å². The number of piperidine rings is 2. The average molecular weight is 511 g/mol. The number of alkyl halides is 1. The normalized spacial score (nSPS) is 26.6. The van der Waals surface area contributed by atoms with E-state index in [1.807, 2.05) is 33.0 Å². The largest absolute Gasteiger partial charge is 0.444 e. The minimum atomic E-state index is -3.42. The Balaban J connectivity index is 1.46. The third-order valence-corrected chi connectivity index (χ3v) is 7.88. The number of fused-ring (bicyclic) bond motifs is 1. The first-order valence-corrected chi connectivity index (χ1v) is 13.8. The van der Waals surface area contributed by atoms with Crippen LogP contribution in [0.5, 0.6) is 0 Å². The van der Waals surface area contributed by atoms with Gasteiger partial charge in [-0.05, 0) is 45.6 Å². The van der Waals surface area contributed by atoms with Crippen LogP contribution in [0.4, 0.5) is 15.1 Å². The number of carbonyl (C=O) groups is 1. The van der Waals surface area contributed by atoms with Gasteiger partial charge in [-0.15, -0.1) is 0 Å². The Kier molecular flexibility index (Phi) is 6.98. The smallest absolute Gasteiger partial charge is 0.410 e. The number of ether oxygens (including phenoxy) is 1. The van der Waals surface area contributed by atoms with Gasteiger partial charge in [0.2, 0.25) is 16.0 Å². The maximum absolute atomic E-state index is 14.7. The molecule has 1 amide bonds. The molecule has 4 heterocycles. The molecule has 4 rings (SSSR count). The Morgan fingerprint density at radius 3 is 2.60 bits per heavy atom. The molecule has 10 nitrogen and oxygen atoms in total. The monoisotopic (exact) mass is 510 g/mol. The molecule has 2 aliphatic rings. The van der Waals surface area contributed by atoms with Crippen molar-refractivity contribution >= 4 is 33.1 Å². The van der Waals surface area contributed by atoms with Gasteiger partial charge in [-0.1, -0.05) is 6.92 Å². The third kappa shape index (κ3) is 5.85. The van der Waals surface area contributed by atoms with Gasteiger partial charge in [-0.3, -0.25) is 0 Å². The van der Waals surface area contributed by atoms with Gasteiger partial charge in [-0.2, -0.15) is 9.29 Å². The zero-order chi connectivity index (χ0) is 25.5. The summed E-state index contributed by atoms with van der Waals surface area (Å²) in [6.07, 6.45) is 4.22. The third-order valence-electron chi connectivity index (χ3n) is 6.61. The van der Waals surface area contributed by atoms with Gasteiger partial charge in [0.1, 0.15) is 17.4 Å². The van der Waals surface area contributed by atoms with Crippen molar-refractivity contribution in [1.29, 1.82) is 0 Å². The lowest BCUT2D eigenvalue weighted by Crippen LogP contribution is -2.49. The summed E-state index contributed by atoms with van der Waals surface area (Å²) in [4.78, 5) is 23.3. The molecular formula is C23H35FN6O4S. The first-order chi connectivity index (χ1) is 16.3. The molecule has 2 aromatic heterocycles. The number of nitrogens with zero attached hydrogens (tertiary/aromatic N) is 5. The van der Waals surface area contributed by atoms with E-state index in [9.17, 15) is 17.6 Å². The summed E-state index contributed by atoms with van der Waals surface area (Å²) >= 11 is 0. The fourth-order valence-electron chi connectivity index (χ4n) is 4.82. The lowest BCUT2D eigenvalue weighted by Gasteiger charge is -2.38. The molecule has 2 aliphatic heterocycles. The van der Waals surface area contributed by atoms with Crippen molar-refractivity contribution in [3.05, 3.63) is 18.5 Å². The van der Waals surface area contributed by atoms with Crippen molar-refractivity contribution in [2.45, 2.75) is 64.4 Å². The van der Waals surface area contributed by atoms with Gasteiger partial charge in [0.25, 0.3) is 0 Å². The molecule has 2 fully saturated rings. The van der Waals surface area contributed by atoms with Crippen LogP contribution in [-0.2, 0) is 14.8 Å². The van der Waals surface area contributed by atoms with E-state index in [-0.39, 0.29) is 31.1 Å². The van der Waals surface area contributed by atoms with Gasteiger partial charge in [0.05, 0.1) is 12.3 Å². The number of likely N-dealkylation sites (tertiary alicyclic amines) is 1. The first kappa shape index (κ1) is 25.6. The van der Waals surface area contributed by atoms with Gasteiger partial charge in [0.15, 0.2) is 0 Å². The molecule has 0 aromatic carbocycles. The van der Waals surface area contributed by atoms with E-state index in [2.05, 4.69) is 26.8 Å². The zero-order valence-corrected chi connectivity index (χ0v) is 21.8. The second-order valence-electron chi connectivity index (χ2n) is 10.6. The Labute approximate surface area is 205 Å². The maximum atomic E-state index is 14.7. The van der Waals surface area contributed by atoms with Gasteiger partial charge in [0, 0.05) is 50.0 Å². The lowest BCUT2D eigenvalue weighted by atomic mass is 9.94. The zero-order valence-electron chi connectivity index (χ0n) is 20.9. The van der Waals surface area contributed by atoms with E-state index in [1.54, 1.807) is 11.1 Å². The highest BCUT2D eigenvalue weighted by Crippen LogP contribution is 2.32. The SMILES string of the molecule is C[C@@H]1CN(C(=O)OC(C)(C)C)CC[C@H]1n1ccc2cnc(N[C@@H]3CCN(S(C)(=O)=O)C[C@H]3F)nc21. The molecule has 0 spiro atoms. The predicted octanol–water partition coefficient (Wildman–Crippen LogP) is 3.03. The molecule has 194 valence electrons. The molecule has 2 aromatic rings. The number of nitrogens with one attached hydrogen (secondary N) is 1. The molecule has 12 heteroatoms. The van der Waals surface area contributed by atoms with Gasteiger partial charge < -0.3 is 19.5 Å². The fourth-order valence-corrected chi connectivity index (χ4v) is 5.67. The maximum Gasteiger partial charge on any atom is 0.410 e. The van der Waals surface area contributed by atoms with Crippen LogP contribution < -0.4 is 5.32 Å². The number of sulfonamides is 1. The van der Waals surface area contributed by atoms with E-state index < -0.39 is 27.8 Å². The summed E-state index contributed by atoms with van der Waals surface area (Å²) < 4.78 is 47.0. The van der Waals surface area contributed by atoms with Crippen LogP contribution in [0.25, 0.3) is 11.0 Å². The van der Waals surface area contributed by atoms with Crippen molar-refractivity contribution in [3.63, 3.8) is 0 Å². The molecular weight excluding hydrogens is 475 g/mol. The van der Waals surface area contributed by atoms with E-state index >= 15 is 0 Å². The number of rotatable bonds is 4. The van der Waals surface area contributed by atoms with Crippen LogP contribution in [0.1, 0.15) is 46.6 Å². The predicted molar refractivity (Wildman–Crippen MR) is 131 cm³/mol. The Hall–Kier alpha value is -2.47. The van der Waals surface area contributed by atoms with Gasteiger partial charge in [-0.25, -0.2) is 22.6 Å². The number of anilines is 1. The van der Waals surface area contributed by atoms with Crippen LogP contribution in [-0.4, -0.2) is 88.5 Å². The van der Waals surface area contributed by atoms with E-state index in [0.29, 0.717) is 25.5 Å². The molecule has 0 saturated carbocycles. The summed E-state index contributed by atoms with van der Waals surface area (Å²) in [6.45, 7) is 8.93. The highest BCUT2D eigenvalue weighted by Gasteiger charge is 2.35. The van der Waals surface area contributed by atoms with Crippen LogP contribution in [0, 0.1) is 5.92 Å². The Morgan fingerprint density at radius 1 is 1.23 bits per heavy atom. The van der Waals surface area contributed by atoms with E-state index in [0.717, 1.165) is 28.0 Å². The van der Waals surface area contributed by atoms with Crippen molar-refractivity contribution in [3.8, 4) is 0 Å². The first-order valence-electron chi connectivity index (χ1n) is 12.0. The topological polar surface area (TPSA) is 110 Å². The van der Waals surface area contributed by atoms with E-state index in [4.69, 9.17) is 4.74 Å². The number of hydrogen-bond donors (Lipinski definition) is 1. The molecule has 0 unspecified atom stereocenters. The standard InChI is InChI=1S/C23H35FN6O4S/c1-15-13-28(22(31)34-23(2,3)4)9-8-19(15)30-11-6-16-12-25-21(27-20(16)30)26-18-7-10-29(14-17(18)24)35(5,32)33/h6,11-12,15,17-19H,7-10,13-14H2,1-5H3,(H,25,26,27)/t15-,17-,18-,19-/m1/s1. The summed E-state index contributed by atoms with van der Waals surface area (Å²) in [6, 6.07) is 1.53. The van der Waals surface area contributed by atoms with Crippen molar-refractivity contribution < 1.29 is 22.3 Å². The van der Waals surface area contributed by atoms with Crippen LogP contribution in [0.15, 0.2) is 18.5 Å². The summed E-state index contributed by atoms with van der Waals surface area (Å²) in [5, 5.41) is 3.94. The molecule has 4 atom stereocenters. The van der Waals surface area contributed by atoms with Crippen LogP contribution in [0.3, 0.4) is 0 Å².